The summed E-state index contributed by atoms with van der Waals surface area (Å²) in [5.74, 6) is 0.898. The SMILES string of the molecule is COc1ccc(C[C@@H]2[C@@H](O)[C@@H]3C[C@]4(CC[C@H]3O[Si](C)(C)C(C)(C)C)C[C@@H](NC(=O)OCc3ccccc3)CN24)cc1. The second-order valence-corrected chi connectivity index (χ2v) is 18.7. The molecule has 3 fully saturated rings. The molecule has 0 unspecified atom stereocenters. The van der Waals surface area contributed by atoms with Gasteiger partial charge < -0.3 is 24.3 Å². The van der Waals surface area contributed by atoms with E-state index in [9.17, 15) is 9.90 Å². The summed E-state index contributed by atoms with van der Waals surface area (Å²) in [6.45, 7) is 12.4. The zero-order chi connectivity index (χ0) is 29.4. The first-order chi connectivity index (χ1) is 19.4. The lowest BCUT2D eigenvalue weighted by molar-refractivity contribution is -0.143. The van der Waals surface area contributed by atoms with Gasteiger partial charge in [0.25, 0.3) is 0 Å². The summed E-state index contributed by atoms with van der Waals surface area (Å²) in [6, 6.07) is 17.8. The van der Waals surface area contributed by atoms with Gasteiger partial charge in [-0.05, 0) is 73.5 Å². The number of alkyl carbamates (subject to hydrolysis) is 1. The fourth-order valence-electron chi connectivity index (χ4n) is 7.08. The van der Waals surface area contributed by atoms with Crippen LogP contribution in [-0.4, -0.2) is 67.9 Å². The van der Waals surface area contributed by atoms with E-state index >= 15 is 0 Å². The molecule has 2 saturated heterocycles. The Bertz CT molecular complexity index is 1180. The normalized spacial score (nSPS) is 30.0. The van der Waals surface area contributed by atoms with Crippen LogP contribution >= 0.6 is 0 Å². The van der Waals surface area contributed by atoms with Crippen LogP contribution in [0.2, 0.25) is 18.1 Å². The van der Waals surface area contributed by atoms with Crippen LogP contribution in [0.1, 0.15) is 57.6 Å². The molecule has 1 aliphatic carbocycles. The molecule has 3 aliphatic rings. The highest BCUT2D eigenvalue weighted by Crippen LogP contribution is 2.53. The standard InChI is InChI=1S/C33H48N2O5Si/c1-32(2,3)41(5,6)40-29-16-17-33-19-25(34-31(37)39-22-24-10-8-7-9-11-24)21-35(33)28(30(36)27(29)20-33)18-23-12-14-26(38-4)15-13-23/h7-15,25,27-30,36H,16-22H2,1-6H3,(H,34,37)/t25-,27-,28-,29-,30+,33+/m1/s1. The third-order valence-corrected chi connectivity index (χ3v) is 14.8. The van der Waals surface area contributed by atoms with Crippen molar-refractivity contribution in [3.8, 4) is 5.75 Å². The number of hydrogen-bond donors (Lipinski definition) is 2. The Morgan fingerprint density at radius 2 is 1.78 bits per heavy atom. The first kappa shape index (κ1) is 30.1. The van der Waals surface area contributed by atoms with Crippen molar-refractivity contribution in [2.24, 2.45) is 5.92 Å². The second-order valence-electron chi connectivity index (χ2n) is 13.9. The maximum Gasteiger partial charge on any atom is 0.407 e. The molecule has 1 saturated carbocycles. The van der Waals surface area contributed by atoms with Gasteiger partial charge in [0.15, 0.2) is 8.32 Å². The number of piperidine rings is 1. The number of ether oxygens (including phenoxy) is 2. The summed E-state index contributed by atoms with van der Waals surface area (Å²) < 4.78 is 17.9. The Hall–Kier alpha value is -2.39. The number of nitrogens with zero attached hydrogens (tertiary/aromatic N) is 1. The van der Waals surface area contributed by atoms with E-state index in [1.165, 1.54) is 5.56 Å². The zero-order valence-corrected chi connectivity index (χ0v) is 26.6. The zero-order valence-electron chi connectivity index (χ0n) is 25.6. The van der Waals surface area contributed by atoms with E-state index in [0.717, 1.165) is 43.4 Å². The minimum Gasteiger partial charge on any atom is -0.497 e. The topological polar surface area (TPSA) is 80.3 Å². The van der Waals surface area contributed by atoms with E-state index in [4.69, 9.17) is 13.9 Å². The number of nitrogens with one attached hydrogen (secondary N) is 1. The van der Waals surface area contributed by atoms with Gasteiger partial charge in [-0.15, -0.1) is 0 Å². The fraction of sp³-hybridized carbons (Fsp3) is 0.606. The van der Waals surface area contributed by atoms with Gasteiger partial charge in [0.1, 0.15) is 12.4 Å². The summed E-state index contributed by atoms with van der Waals surface area (Å²) >= 11 is 0. The molecule has 1 amide bonds. The van der Waals surface area contributed by atoms with E-state index in [1.54, 1.807) is 7.11 Å². The monoisotopic (exact) mass is 580 g/mol. The Labute approximate surface area is 246 Å². The molecule has 7 nitrogen and oxygen atoms in total. The molecule has 2 heterocycles. The number of amides is 1. The van der Waals surface area contributed by atoms with Gasteiger partial charge in [0.2, 0.25) is 0 Å². The van der Waals surface area contributed by atoms with Gasteiger partial charge in [-0.1, -0.05) is 63.2 Å². The first-order valence-corrected chi connectivity index (χ1v) is 18.0. The summed E-state index contributed by atoms with van der Waals surface area (Å²) in [5.41, 5.74) is 2.08. The van der Waals surface area contributed by atoms with Crippen molar-refractivity contribution in [1.82, 2.24) is 10.2 Å². The van der Waals surface area contributed by atoms with E-state index in [0.29, 0.717) is 6.54 Å². The van der Waals surface area contributed by atoms with Crippen LogP contribution in [0.3, 0.4) is 0 Å². The highest BCUT2D eigenvalue weighted by molar-refractivity contribution is 6.74. The number of aliphatic hydroxyl groups is 1. The Balaban J connectivity index is 1.35. The molecular formula is C33H48N2O5Si. The van der Waals surface area contributed by atoms with Crippen LogP contribution in [0.25, 0.3) is 0 Å². The van der Waals surface area contributed by atoms with Crippen molar-refractivity contribution in [1.29, 1.82) is 0 Å². The predicted molar refractivity (Wildman–Crippen MR) is 164 cm³/mol. The molecule has 0 aromatic heterocycles. The van der Waals surface area contributed by atoms with E-state index in [2.05, 4.69) is 56.2 Å². The summed E-state index contributed by atoms with van der Waals surface area (Å²) in [4.78, 5) is 15.3. The largest absolute Gasteiger partial charge is 0.497 e. The molecule has 2 N–H and O–H groups in total. The molecule has 5 rings (SSSR count). The molecule has 224 valence electrons. The third-order valence-electron chi connectivity index (χ3n) is 10.3. The number of fused-ring (bicyclic) bond motifs is 1. The van der Waals surface area contributed by atoms with Gasteiger partial charge in [-0.25, -0.2) is 4.79 Å². The summed E-state index contributed by atoms with van der Waals surface area (Å²) in [5, 5.41) is 15.3. The van der Waals surface area contributed by atoms with Gasteiger partial charge in [-0.2, -0.15) is 0 Å². The quantitative estimate of drug-likeness (QED) is 0.378. The van der Waals surface area contributed by atoms with E-state index < -0.39 is 14.4 Å². The highest BCUT2D eigenvalue weighted by Gasteiger charge is 2.60. The van der Waals surface area contributed by atoms with Crippen LogP contribution in [0, 0.1) is 5.92 Å². The molecular weight excluding hydrogens is 532 g/mol. The maximum atomic E-state index is 12.8. The third kappa shape index (κ3) is 6.36. The van der Waals surface area contributed by atoms with Crippen LogP contribution in [-0.2, 0) is 22.2 Å². The first-order valence-electron chi connectivity index (χ1n) is 15.1. The minimum atomic E-state index is -2.01. The lowest BCUT2D eigenvalue weighted by Gasteiger charge is -2.58. The second kappa shape index (κ2) is 11.7. The van der Waals surface area contributed by atoms with Gasteiger partial charge in [-0.3, -0.25) is 4.90 Å². The molecule has 2 aliphatic heterocycles. The number of benzene rings is 2. The molecule has 2 aromatic carbocycles. The van der Waals surface area contributed by atoms with Crippen LogP contribution in [0.5, 0.6) is 5.75 Å². The molecule has 1 spiro atoms. The fourth-order valence-corrected chi connectivity index (χ4v) is 8.48. The Morgan fingerprint density at radius 3 is 2.44 bits per heavy atom. The molecule has 6 atom stereocenters. The predicted octanol–water partition coefficient (Wildman–Crippen LogP) is 5.91. The van der Waals surface area contributed by atoms with Crippen LogP contribution in [0.4, 0.5) is 4.79 Å². The Morgan fingerprint density at radius 1 is 1.07 bits per heavy atom. The van der Waals surface area contributed by atoms with Gasteiger partial charge in [0.05, 0.1) is 19.3 Å². The smallest absolute Gasteiger partial charge is 0.407 e. The van der Waals surface area contributed by atoms with Crippen LogP contribution < -0.4 is 10.1 Å². The van der Waals surface area contributed by atoms with Crippen molar-refractivity contribution in [3.05, 3.63) is 65.7 Å². The minimum absolute atomic E-state index is 0.0274. The van der Waals surface area contributed by atoms with Crippen LogP contribution in [0.15, 0.2) is 54.6 Å². The van der Waals surface area contributed by atoms with Crippen molar-refractivity contribution in [2.45, 2.75) is 107 Å². The van der Waals surface area contributed by atoms with Crippen molar-refractivity contribution in [3.63, 3.8) is 0 Å². The average molecular weight is 581 g/mol. The summed E-state index contributed by atoms with van der Waals surface area (Å²) in [6.07, 6.45) is 3.60. The van der Waals surface area contributed by atoms with Crippen molar-refractivity contribution >= 4 is 14.4 Å². The van der Waals surface area contributed by atoms with Crippen molar-refractivity contribution in [2.75, 3.05) is 13.7 Å². The molecule has 0 radical (unpaired) electrons. The lowest BCUT2D eigenvalue weighted by atomic mass is 9.65. The maximum absolute atomic E-state index is 12.8. The number of methoxy groups -OCH3 is 1. The van der Waals surface area contributed by atoms with Crippen molar-refractivity contribution < 1.29 is 23.8 Å². The highest BCUT2D eigenvalue weighted by atomic mass is 28.4. The number of aliphatic hydroxyl groups excluding tert-OH is 1. The van der Waals surface area contributed by atoms with E-state index in [-0.39, 0.29) is 47.4 Å². The number of carbonyl (C=O) groups excluding carboxylic acids is 1. The average Bonchev–Trinajstić information content (AvgIpc) is 3.28. The molecule has 41 heavy (non-hydrogen) atoms. The molecule has 8 heteroatoms. The Kier molecular flexibility index (Phi) is 8.59. The number of rotatable bonds is 8. The van der Waals surface area contributed by atoms with Gasteiger partial charge in [0, 0.05) is 30.1 Å². The molecule has 2 aromatic rings. The lowest BCUT2D eigenvalue weighted by Crippen LogP contribution is -2.67. The van der Waals surface area contributed by atoms with E-state index in [1.807, 2.05) is 42.5 Å². The molecule has 2 bridgehead atoms. The number of carbonyl (C=O) groups is 1. The number of hydrogen-bond acceptors (Lipinski definition) is 6. The summed E-state index contributed by atoms with van der Waals surface area (Å²) in [7, 11) is -0.329. The van der Waals surface area contributed by atoms with Gasteiger partial charge >= 0.3 is 6.09 Å².